The zero-order valence-corrected chi connectivity index (χ0v) is 14.6. The number of aromatic nitrogens is 3. The van der Waals surface area contributed by atoms with E-state index in [4.69, 9.17) is 16.3 Å². The van der Waals surface area contributed by atoms with Crippen LogP contribution in [-0.4, -0.2) is 39.1 Å². The van der Waals surface area contributed by atoms with Gasteiger partial charge in [-0.05, 0) is 49.9 Å². The Bertz CT molecular complexity index is 756. The molecule has 1 saturated heterocycles. The summed E-state index contributed by atoms with van der Waals surface area (Å²) < 4.78 is 5.62. The molecule has 2 N–H and O–H groups in total. The van der Waals surface area contributed by atoms with Gasteiger partial charge in [0.05, 0.1) is 12.6 Å². The predicted molar refractivity (Wildman–Crippen MR) is 93.7 cm³/mol. The quantitative estimate of drug-likeness (QED) is 0.771. The van der Waals surface area contributed by atoms with Crippen molar-refractivity contribution >= 4 is 17.5 Å². The van der Waals surface area contributed by atoms with Gasteiger partial charge in [0.1, 0.15) is 5.75 Å². The number of carbonyl (C=O) groups excluding carboxylic acids is 1. The number of benzene rings is 1. The van der Waals surface area contributed by atoms with E-state index >= 15 is 0 Å². The van der Waals surface area contributed by atoms with Gasteiger partial charge in [0, 0.05) is 18.0 Å². The maximum Gasteiger partial charge on any atom is 0.340 e. The first-order valence-corrected chi connectivity index (χ1v) is 8.84. The van der Waals surface area contributed by atoms with Gasteiger partial charge in [-0.25, -0.2) is 9.89 Å². The van der Waals surface area contributed by atoms with Crippen LogP contribution < -0.4 is 10.4 Å². The van der Waals surface area contributed by atoms with E-state index in [9.17, 15) is 9.59 Å². The Labute approximate surface area is 150 Å². The van der Waals surface area contributed by atoms with Crippen molar-refractivity contribution in [2.45, 2.75) is 38.1 Å². The fourth-order valence-corrected chi connectivity index (χ4v) is 3.17. The summed E-state index contributed by atoms with van der Waals surface area (Å²) in [6.07, 6.45) is 3.83. The molecular weight excluding hydrogens is 344 g/mol. The van der Waals surface area contributed by atoms with E-state index in [1.54, 1.807) is 24.3 Å². The van der Waals surface area contributed by atoms with Crippen LogP contribution in [-0.2, 0) is 4.79 Å². The molecule has 0 unspecified atom stereocenters. The standard InChI is InChI=1S/C17H21ClN4O3/c18-12-6-8-13(9-7-12)25-11-3-5-15(23)22-10-2-1-4-14(22)16-19-17(24)21-20-16/h6-9,14H,1-5,10-11H2,(H2,19,20,21,24)/t14-/m0/s1. The lowest BCUT2D eigenvalue weighted by Crippen LogP contribution is -2.39. The molecule has 1 aliphatic rings. The number of nitrogens with one attached hydrogen (secondary N) is 2. The molecule has 2 heterocycles. The number of aromatic amines is 2. The topological polar surface area (TPSA) is 91.1 Å². The summed E-state index contributed by atoms with van der Waals surface area (Å²) in [5.74, 6) is 1.34. The average molecular weight is 365 g/mol. The largest absolute Gasteiger partial charge is 0.494 e. The molecular formula is C17H21ClN4O3. The Morgan fingerprint density at radius 3 is 2.84 bits per heavy atom. The van der Waals surface area contributed by atoms with Gasteiger partial charge in [-0.1, -0.05) is 11.6 Å². The summed E-state index contributed by atoms with van der Waals surface area (Å²) in [5.41, 5.74) is -0.343. The molecule has 3 rings (SSSR count). The van der Waals surface area contributed by atoms with Gasteiger partial charge in [-0.3, -0.25) is 9.78 Å². The Kier molecular flexibility index (Phi) is 5.75. The molecule has 1 amide bonds. The number of halogens is 1. The molecule has 1 fully saturated rings. The predicted octanol–water partition coefficient (Wildman–Crippen LogP) is 2.66. The van der Waals surface area contributed by atoms with Crippen molar-refractivity contribution in [1.82, 2.24) is 20.1 Å². The molecule has 1 aromatic heterocycles. The number of nitrogens with zero attached hydrogens (tertiary/aromatic N) is 2. The number of rotatable bonds is 6. The molecule has 0 saturated carbocycles. The van der Waals surface area contributed by atoms with Crippen LogP contribution in [0.3, 0.4) is 0 Å². The minimum absolute atomic E-state index is 0.0632. The van der Waals surface area contributed by atoms with Crippen molar-refractivity contribution in [1.29, 1.82) is 0 Å². The van der Waals surface area contributed by atoms with Crippen LogP contribution in [0.1, 0.15) is 44.0 Å². The lowest BCUT2D eigenvalue weighted by molar-refractivity contribution is -0.135. The van der Waals surface area contributed by atoms with Crippen LogP contribution in [0.25, 0.3) is 0 Å². The number of carbonyl (C=O) groups is 1. The lowest BCUT2D eigenvalue weighted by Gasteiger charge is -2.34. The van der Waals surface area contributed by atoms with Gasteiger partial charge >= 0.3 is 5.69 Å². The third-order valence-electron chi connectivity index (χ3n) is 4.28. The average Bonchev–Trinajstić information content (AvgIpc) is 3.06. The highest BCUT2D eigenvalue weighted by Crippen LogP contribution is 2.28. The molecule has 8 heteroatoms. The number of hydrogen-bond donors (Lipinski definition) is 2. The number of likely N-dealkylation sites (tertiary alicyclic amines) is 1. The molecule has 25 heavy (non-hydrogen) atoms. The summed E-state index contributed by atoms with van der Waals surface area (Å²) in [6, 6.07) is 6.99. The summed E-state index contributed by atoms with van der Waals surface area (Å²) >= 11 is 5.83. The first kappa shape index (κ1) is 17.5. The third kappa shape index (κ3) is 4.63. The zero-order valence-electron chi connectivity index (χ0n) is 13.8. The number of piperidine rings is 1. The van der Waals surface area contributed by atoms with Crippen molar-refractivity contribution in [3.8, 4) is 5.75 Å². The van der Waals surface area contributed by atoms with E-state index in [0.29, 0.717) is 36.8 Å². The minimum Gasteiger partial charge on any atom is -0.494 e. The van der Waals surface area contributed by atoms with Crippen molar-refractivity contribution in [3.63, 3.8) is 0 Å². The van der Waals surface area contributed by atoms with Gasteiger partial charge in [-0.2, -0.15) is 5.10 Å². The number of ether oxygens (including phenoxy) is 1. The van der Waals surface area contributed by atoms with Crippen LogP contribution in [0.15, 0.2) is 29.1 Å². The van der Waals surface area contributed by atoms with Gasteiger partial charge in [-0.15, -0.1) is 0 Å². The maximum absolute atomic E-state index is 12.6. The fraction of sp³-hybridized carbons (Fsp3) is 0.471. The second kappa shape index (κ2) is 8.20. The van der Waals surface area contributed by atoms with E-state index in [2.05, 4.69) is 15.2 Å². The molecule has 0 spiro atoms. The first-order chi connectivity index (χ1) is 12.1. The molecule has 1 atom stereocenters. The minimum atomic E-state index is -0.343. The zero-order chi connectivity index (χ0) is 17.6. The third-order valence-corrected chi connectivity index (χ3v) is 4.53. The molecule has 1 aliphatic heterocycles. The van der Waals surface area contributed by atoms with Crippen LogP contribution >= 0.6 is 11.6 Å². The molecule has 134 valence electrons. The van der Waals surface area contributed by atoms with Gasteiger partial charge in [0.2, 0.25) is 5.91 Å². The Balaban J connectivity index is 1.50. The van der Waals surface area contributed by atoms with Crippen molar-refractivity contribution in [2.24, 2.45) is 0 Å². The van der Waals surface area contributed by atoms with Crippen LogP contribution in [0, 0.1) is 0 Å². The van der Waals surface area contributed by atoms with E-state index in [1.165, 1.54) is 0 Å². The second-order valence-electron chi connectivity index (χ2n) is 6.07. The highest BCUT2D eigenvalue weighted by atomic mass is 35.5. The normalized spacial score (nSPS) is 17.5. The maximum atomic E-state index is 12.6. The highest BCUT2D eigenvalue weighted by molar-refractivity contribution is 6.30. The molecule has 0 aliphatic carbocycles. The number of hydrogen-bond acceptors (Lipinski definition) is 4. The van der Waals surface area contributed by atoms with Crippen LogP contribution in [0.4, 0.5) is 0 Å². The van der Waals surface area contributed by atoms with E-state index < -0.39 is 0 Å². The van der Waals surface area contributed by atoms with Crippen molar-refractivity contribution < 1.29 is 9.53 Å². The van der Waals surface area contributed by atoms with E-state index in [0.717, 1.165) is 25.0 Å². The Hall–Kier alpha value is -2.28. The fourth-order valence-electron chi connectivity index (χ4n) is 3.04. The van der Waals surface area contributed by atoms with Crippen LogP contribution in [0.2, 0.25) is 5.02 Å². The summed E-state index contributed by atoms with van der Waals surface area (Å²) in [6.45, 7) is 1.15. The van der Waals surface area contributed by atoms with Gasteiger partial charge in [0.25, 0.3) is 0 Å². The number of H-pyrrole nitrogens is 2. The molecule has 0 bridgehead atoms. The monoisotopic (exact) mass is 364 g/mol. The lowest BCUT2D eigenvalue weighted by atomic mass is 10.0. The van der Waals surface area contributed by atoms with E-state index in [-0.39, 0.29) is 17.6 Å². The summed E-state index contributed by atoms with van der Waals surface area (Å²) in [4.78, 5) is 28.3. The summed E-state index contributed by atoms with van der Waals surface area (Å²) in [5, 5.41) is 7.03. The van der Waals surface area contributed by atoms with Crippen LogP contribution in [0.5, 0.6) is 5.75 Å². The molecule has 7 nitrogen and oxygen atoms in total. The second-order valence-corrected chi connectivity index (χ2v) is 6.50. The van der Waals surface area contributed by atoms with Gasteiger partial charge in [0.15, 0.2) is 5.82 Å². The molecule has 0 radical (unpaired) electrons. The smallest absolute Gasteiger partial charge is 0.340 e. The molecule has 2 aromatic rings. The Morgan fingerprint density at radius 2 is 2.12 bits per heavy atom. The Morgan fingerprint density at radius 1 is 1.32 bits per heavy atom. The highest BCUT2D eigenvalue weighted by Gasteiger charge is 2.29. The van der Waals surface area contributed by atoms with Crippen molar-refractivity contribution in [2.75, 3.05) is 13.2 Å². The SMILES string of the molecule is O=C(CCCOc1ccc(Cl)cc1)N1CCCC[C@H]1c1n[nH]c(=O)[nH]1. The summed E-state index contributed by atoms with van der Waals surface area (Å²) in [7, 11) is 0. The van der Waals surface area contributed by atoms with E-state index in [1.807, 2.05) is 4.90 Å². The number of amides is 1. The van der Waals surface area contributed by atoms with Crippen molar-refractivity contribution in [3.05, 3.63) is 45.6 Å². The van der Waals surface area contributed by atoms with Gasteiger partial charge < -0.3 is 9.64 Å². The molecule has 1 aromatic carbocycles. The first-order valence-electron chi connectivity index (χ1n) is 8.46.